The highest BCUT2D eigenvalue weighted by Crippen LogP contribution is 1.31. The van der Waals surface area contributed by atoms with E-state index in [1.54, 1.807) is 0 Å². The second-order valence-electron chi connectivity index (χ2n) is 0. The average Bonchev–Trinajstić information content (AvgIpc) is 1.00. The Morgan fingerprint density at radius 2 is 0.667 bits per heavy atom. The van der Waals surface area contributed by atoms with Gasteiger partial charge in [-0.05, 0) is 0 Å². The predicted molar refractivity (Wildman–Crippen MR) is 37.1 cm³/mol. The number of rotatable bonds is 0. The van der Waals surface area contributed by atoms with Crippen LogP contribution in [-0.4, -0.2) is 4.66 Å². The van der Waals surface area contributed by atoms with Crippen molar-refractivity contribution in [1.82, 2.24) is 0 Å². The number of halogens is 5. The summed E-state index contributed by atoms with van der Waals surface area (Å²) in [5.74, 6) is 0. The van der Waals surface area contributed by atoms with Gasteiger partial charge in [0.15, 0.2) is 0 Å². The van der Waals surface area contributed by atoms with E-state index in [1.807, 2.05) is 0 Å². The summed E-state index contributed by atoms with van der Waals surface area (Å²) in [6.45, 7) is 0. The minimum Gasteiger partial charge on any atom is -0.295 e. The summed E-state index contributed by atoms with van der Waals surface area (Å²) in [7, 11) is 0. The van der Waals surface area contributed by atoms with E-state index in [0.29, 0.717) is 0 Å². The molecular formula is H5Cl5O. The Hall–Kier alpha value is 1.41. The summed E-state index contributed by atoms with van der Waals surface area (Å²) in [6.07, 6.45) is 0. The lowest BCUT2D eigenvalue weighted by Gasteiger charge is -1.13. The molecule has 1 nitrogen and oxygen atoms in total. The molecule has 0 heterocycles. The molecule has 0 spiro atoms. The van der Waals surface area contributed by atoms with Crippen molar-refractivity contribution in [3.8, 4) is 0 Å². The van der Waals surface area contributed by atoms with Crippen molar-refractivity contribution in [3.05, 3.63) is 0 Å². The molecule has 0 aliphatic carbocycles. The van der Waals surface area contributed by atoms with E-state index in [2.05, 4.69) is 11.9 Å². The molecule has 0 unspecified atom stereocenters. The van der Waals surface area contributed by atoms with E-state index >= 15 is 0 Å². The molecule has 1 N–H and O–H groups in total. The molecule has 0 radical (unpaired) electrons. The highest BCUT2D eigenvalue weighted by atomic mass is 35.5. The zero-order valence-corrected chi connectivity index (χ0v) is 6.48. The molecule has 0 aliphatic heterocycles. The Labute approximate surface area is 66.3 Å². The molecule has 6 heteroatoms. The van der Waals surface area contributed by atoms with Crippen LogP contribution in [0.25, 0.3) is 0 Å². The SMILES string of the molecule is Cl.Cl.Cl.Cl.OCl. The Kier molecular flexibility index (Phi) is 824. The van der Waals surface area contributed by atoms with Crippen molar-refractivity contribution >= 4 is 61.5 Å². The first-order chi connectivity index (χ1) is 1.00. The fourth-order valence-electron chi connectivity index (χ4n) is 0. The Morgan fingerprint density at radius 1 is 0.667 bits per heavy atom. The molecule has 0 saturated carbocycles. The third-order valence-corrected chi connectivity index (χ3v) is 0. The highest BCUT2D eigenvalue weighted by Gasteiger charge is 0.897. The van der Waals surface area contributed by atoms with Crippen molar-refractivity contribution in [2.24, 2.45) is 0 Å². The lowest BCUT2D eigenvalue weighted by Crippen LogP contribution is -0.913. The molecule has 0 fully saturated rings. The van der Waals surface area contributed by atoms with Crippen LogP contribution in [0.1, 0.15) is 0 Å². The standard InChI is InChI=1S/ClHO.4ClH/c1-2;;;;/h2H;4*1H. The van der Waals surface area contributed by atoms with Gasteiger partial charge in [0, 0.05) is 0 Å². The quantitative estimate of drug-likeness (QED) is 0.629. The third-order valence-electron chi connectivity index (χ3n) is 0. The summed E-state index contributed by atoms with van der Waals surface area (Å²) < 4.78 is 6.47. The summed E-state index contributed by atoms with van der Waals surface area (Å²) in [5, 5.41) is 0. The molecular weight excluding hydrogens is 193 g/mol. The van der Waals surface area contributed by atoms with Crippen molar-refractivity contribution in [1.29, 1.82) is 0 Å². The van der Waals surface area contributed by atoms with Crippen molar-refractivity contribution in [2.45, 2.75) is 0 Å². The zero-order chi connectivity index (χ0) is 2.00. The van der Waals surface area contributed by atoms with E-state index in [4.69, 9.17) is 4.66 Å². The fourth-order valence-corrected chi connectivity index (χ4v) is 0. The molecule has 0 aromatic carbocycles. The minimum absolute atomic E-state index is 0. The van der Waals surface area contributed by atoms with Crippen molar-refractivity contribution in [2.75, 3.05) is 0 Å². The van der Waals surface area contributed by atoms with Gasteiger partial charge in [-0.15, -0.1) is 49.6 Å². The smallest absolute Gasteiger partial charge is 0.0579 e. The topological polar surface area (TPSA) is 20.2 Å². The molecule has 0 saturated heterocycles. The maximum absolute atomic E-state index is 6.47. The van der Waals surface area contributed by atoms with Gasteiger partial charge in [-0.25, -0.2) is 0 Å². The van der Waals surface area contributed by atoms with Crippen molar-refractivity contribution in [3.63, 3.8) is 0 Å². The molecule has 0 aliphatic rings. The minimum atomic E-state index is 0. The van der Waals surface area contributed by atoms with Crippen LogP contribution in [0.3, 0.4) is 0 Å². The zero-order valence-electron chi connectivity index (χ0n) is 2.46. The van der Waals surface area contributed by atoms with Crippen LogP contribution in [0.4, 0.5) is 0 Å². The highest BCUT2D eigenvalue weighted by molar-refractivity contribution is 6.04. The van der Waals surface area contributed by atoms with E-state index in [-0.39, 0.29) is 49.6 Å². The molecule has 0 bridgehead atoms. The van der Waals surface area contributed by atoms with Gasteiger partial charge in [-0.3, -0.25) is 4.66 Å². The van der Waals surface area contributed by atoms with Crippen LogP contribution in [-0.2, 0) is 0 Å². The molecule has 0 atom stereocenters. The Balaban J connectivity index is -0.000000000833. The largest absolute Gasteiger partial charge is 0.295 e. The lowest BCUT2D eigenvalue weighted by atomic mass is 15.9. The van der Waals surface area contributed by atoms with E-state index in [0.717, 1.165) is 0 Å². The van der Waals surface area contributed by atoms with Gasteiger partial charge >= 0.3 is 0 Å². The average molecular weight is 198 g/mol. The summed E-state index contributed by atoms with van der Waals surface area (Å²) in [6, 6.07) is 0. The molecule has 0 aromatic rings. The molecule has 46 valence electrons. The normalized spacial score (nSPS) is 1.00. The summed E-state index contributed by atoms with van der Waals surface area (Å²) in [5.41, 5.74) is 0. The van der Waals surface area contributed by atoms with Gasteiger partial charge in [0.1, 0.15) is 0 Å². The Morgan fingerprint density at radius 3 is 0.667 bits per heavy atom. The maximum Gasteiger partial charge on any atom is 0.0579 e. The van der Waals surface area contributed by atoms with Crippen LogP contribution < -0.4 is 0 Å². The van der Waals surface area contributed by atoms with Gasteiger partial charge in [0.25, 0.3) is 0 Å². The second kappa shape index (κ2) is 94.4. The second-order valence-corrected chi connectivity index (χ2v) is 0. The summed E-state index contributed by atoms with van der Waals surface area (Å²) >= 11 is 3.64. The monoisotopic (exact) mass is 196 g/mol. The Bertz CT molecular complexity index is 3.90. The van der Waals surface area contributed by atoms with Gasteiger partial charge in [0.05, 0.1) is 11.9 Å². The van der Waals surface area contributed by atoms with Crippen LogP contribution in [0.5, 0.6) is 0 Å². The van der Waals surface area contributed by atoms with E-state index < -0.39 is 0 Å². The fraction of sp³-hybridized carbons (Fsp3) is 0. The first kappa shape index (κ1) is 52.4. The van der Waals surface area contributed by atoms with Crippen LogP contribution in [0.15, 0.2) is 0 Å². The summed E-state index contributed by atoms with van der Waals surface area (Å²) in [4.78, 5) is 0. The van der Waals surface area contributed by atoms with Gasteiger partial charge in [-0.1, -0.05) is 0 Å². The molecule has 6 heavy (non-hydrogen) atoms. The van der Waals surface area contributed by atoms with Crippen LogP contribution in [0, 0.1) is 0 Å². The lowest BCUT2D eigenvalue weighted by molar-refractivity contribution is 0.632. The first-order valence-electron chi connectivity index (χ1n) is 0.169. The van der Waals surface area contributed by atoms with Crippen LogP contribution >= 0.6 is 61.5 Å². The van der Waals surface area contributed by atoms with Gasteiger partial charge < -0.3 is 0 Å². The van der Waals surface area contributed by atoms with Gasteiger partial charge in [-0.2, -0.15) is 0 Å². The maximum atomic E-state index is 6.47. The predicted octanol–water partition coefficient (Wildman–Crippen LogP) is 1.82. The van der Waals surface area contributed by atoms with Crippen LogP contribution in [0.2, 0.25) is 0 Å². The van der Waals surface area contributed by atoms with E-state index in [9.17, 15) is 0 Å². The molecule has 0 aromatic heterocycles. The molecule has 0 amide bonds. The molecule has 0 rings (SSSR count). The van der Waals surface area contributed by atoms with Crippen molar-refractivity contribution < 1.29 is 4.66 Å². The third kappa shape index (κ3) is 52.9. The number of hydrogen-bond donors (Lipinski definition) is 1. The first-order valence-corrected chi connectivity index (χ1v) is 0.507. The van der Waals surface area contributed by atoms with Gasteiger partial charge in [0.2, 0.25) is 0 Å². The number of hydrogen-bond acceptors (Lipinski definition) is 1. The van der Waals surface area contributed by atoms with E-state index in [1.165, 1.54) is 0 Å².